The molecule has 39 heavy (non-hydrogen) atoms. The zero-order chi connectivity index (χ0) is 29.0. The van der Waals surface area contributed by atoms with E-state index in [1.165, 1.54) is 6.07 Å². The molecule has 0 aliphatic carbocycles. The van der Waals surface area contributed by atoms with Crippen molar-refractivity contribution in [2.75, 3.05) is 0 Å². The third-order valence-electron chi connectivity index (χ3n) is 6.56. The monoisotopic (exact) mass is 555 g/mol. The van der Waals surface area contributed by atoms with Gasteiger partial charge in [0.25, 0.3) is 5.91 Å². The molecule has 2 N–H and O–H groups in total. The maximum Gasteiger partial charge on any atom is 0.416 e. The highest BCUT2D eigenvalue weighted by Crippen LogP contribution is 2.38. The Morgan fingerprint density at radius 1 is 0.923 bits per heavy atom. The van der Waals surface area contributed by atoms with Gasteiger partial charge >= 0.3 is 18.3 Å². The Bertz CT molecular complexity index is 1350. The van der Waals surface area contributed by atoms with E-state index in [0.717, 1.165) is 0 Å². The molecule has 0 bridgehead atoms. The lowest BCUT2D eigenvalue weighted by molar-refractivity contribution is -0.145. The summed E-state index contributed by atoms with van der Waals surface area (Å²) in [5, 5.41) is 13.4. The average Bonchev–Trinajstić information content (AvgIpc) is 2.88. The number of alkyl halides is 6. The van der Waals surface area contributed by atoms with Crippen molar-refractivity contribution < 1.29 is 45.8 Å². The molecule has 5 nitrogen and oxygen atoms in total. The summed E-state index contributed by atoms with van der Waals surface area (Å²) < 4.78 is 85.9. The summed E-state index contributed by atoms with van der Waals surface area (Å²) in [5.74, 6) is -2.15. The lowest BCUT2D eigenvalue weighted by Crippen LogP contribution is -2.54. The Morgan fingerprint density at radius 3 is 2.21 bits per heavy atom. The fourth-order valence-corrected chi connectivity index (χ4v) is 4.27. The number of hydrogen-bond donors (Lipinski definition) is 2. The van der Waals surface area contributed by atoms with E-state index in [1.807, 2.05) is 6.92 Å². The number of halogens is 6. The highest BCUT2D eigenvalue weighted by Gasteiger charge is 2.40. The molecule has 0 radical (unpaired) electrons. The largest absolute Gasteiger partial charge is 0.487 e. The van der Waals surface area contributed by atoms with Gasteiger partial charge in [-0.1, -0.05) is 63.1 Å². The molecule has 3 aromatic rings. The number of carbonyl (C=O) groups is 2. The molecule has 3 rings (SSSR count). The Kier molecular flexibility index (Phi) is 8.82. The first kappa shape index (κ1) is 29.8. The minimum atomic E-state index is -5.10. The van der Waals surface area contributed by atoms with Crippen LogP contribution in [0.2, 0.25) is 0 Å². The molecular weight excluding hydrogens is 528 g/mol. The molecule has 1 amide bonds. The second kappa shape index (κ2) is 11.5. The van der Waals surface area contributed by atoms with Crippen molar-refractivity contribution in [3.8, 4) is 5.75 Å². The van der Waals surface area contributed by atoms with Crippen molar-refractivity contribution in [2.24, 2.45) is 0 Å². The number of unbranched alkanes of at least 4 members (excludes halogenated alkanes) is 1. The van der Waals surface area contributed by atoms with E-state index in [-0.39, 0.29) is 30.2 Å². The van der Waals surface area contributed by atoms with Crippen molar-refractivity contribution >= 4 is 22.6 Å². The molecule has 1 unspecified atom stereocenters. The topological polar surface area (TPSA) is 75.6 Å². The van der Waals surface area contributed by atoms with Gasteiger partial charge in [0.15, 0.2) is 0 Å². The minimum absolute atomic E-state index is 0.0195. The van der Waals surface area contributed by atoms with Crippen molar-refractivity contribution in [2.45, 2.75) is 64.0 Å². The Hall–Kier alpha value is -3.76. The van der Waals surface area contributed by atoms with Gasteiger partial charge in [-0.25, -0.2) is 4.79 Å². The zero-order valence-corrected chi connectivity index (χ0v) is 21.2. The van der Waals surface area contributed by atoms with E-state index in [2.05, 4.69) is 5.32 Å². The van der Waals surface area contributed by atoms with Crippen LogP contribution >= 0.6 is 0 Å². The second-order valence-electron chi connectivity index (χ2n) is 9.12. The van der Waals surface area contributed by atoms with Gasteiger partial charge in [-0.15, -0.1) is 0 Å². The van der Waals surface area contributed by atoms with Crippen LogP contribution in [0.5, 0.6) is 5.75 Å². The quantitative estimate of drug-likeness (QED) is 0.253. The number of ether oxygens (including phenoxy) is 1. The molecule has 0 saturated carbocycles. The normalized spacial score (nSPS) is 13.6. The van der Waals surface area contributed by atoms with Crippen LogP contribution in [0.15, 0.2) is 54.6 Å². The molecule has 0 aliphatic heterocycles. The summed E-state index contributed by atoms with van der Waals surface area (Å²) in [6.45, 7) is 2.69. The molecule has 0 saturated heterocycles. The van der Waals surface area contributed by atoms with Crippen molar-refractivity contribution in [3.05, 3.63) is 76.9 Å². The van der Waals surface area contributed by atoms with Gasteiger partial charge in [0.2, 0.25) is 0 Å². The van der Waals surface area contributed by atoms with Gasteiger partial charge in [0, 0.05) is 10.9 Å². The fraction of sp³-hybridized carbons (Fsp3) is 0.357. The highest BCUT2D eigenvalue weighted by atomic mass is 19.4. The van der Waals surface area contributed by atoms with Gasteiger partial charge < -0.3 is 15.2 Å². The van der Waals surface area contributed by atoms with E-state index in [1.54, 1.807) is 37.3 Å². The number of hydrogen-bond acceptors (Lipinski definition) is 3. The average molecular weight is 556 g/mol. The fourth-order valence-electron chi connectivity index (χ4n) is 4.27. The highest BCUT2D eigenvalue weighted by molar-refractivity contribution is 6.05. The van der Waals surface area contributed by atoms with Gasteiger partial charge in [0.1, 0.15) is 17.9 Å². The van der Waals surface area contributed by atoms with E-state index in [9.17, 15) is 41.0 Å². The van der Waals surface area contributed by atoms with Crippen LogP contribution in [-0.2, 0) is 23.8 Å². The maximum absolute atomic E-state index is 13.7. The standard InChI is InChI=1S/C28H27F6NO4/c1-3-5-14-26(4-2,25(37)38)35-24(36)21-13-11-17-8-6-7-9-20(17)23(21)39-16-18-10-12-19(27(29,30)31)15-22(18)28(32,33)34/h6-13,15H,3-5,14,16H2,1-2H3,(H,35,36)(H,37,38). The molecule has 0 spiro atoms. The van der Waals surface area contributed by atoms with Crippen LogP contribution < -0.4 is 10.1 Å². The number of aliphatic carboxylic acids is 1. The van der Waals surface area contributed by atoms with Crippen LogP contribution in [0.4, 0.5) is 26.3 Å². The number of carboxylic acids is 1. The summed E-state index contributed by atoms with van der Waals surface area (Å²) in [4.78, 5) is 25.5. The number of amides is 1. The maximum atomic E-state index is 13.7. The number of benzene rings is 3. The van der Waals surface area contributed by atoms with Gasteiger partial charge in [0.05, 0.1) is 16.7 Å². The lowest BCUT2D eigenvalue weighted by atomic mass is 9.89. The predicted molar refractivity (Wildman–Crippen MR) is 132 cm³/mol. The first-order valence-corrected chi connectivity index (χ1v) is 12.2. The SMILES string of the molecule is CCCCC(CC)(NC(=O)c1ccc2ccccc2c1OCc1ccc(C(F)(F)F)cc1C(F)(F)F)C(=O)O. The van der Waals surface area contributed by atoms with E-state index in [4.69, 9.17) is 4.74 Å². The van der Waals surface area contributed by atoms with E-state index >= 15 is 0 Å². The van der Waals surface area contributed by atoms with Crippen molar-refractivity contribution in [1.29, 1.82) is 0 Å². The molecule has 0 fully saturated rings. The number of fused-ring (bicyclic) bond motifs is 1. The number of carbonyl (C=O) groups excluding carboxylic acids is 1. The first-order valence-electron chi connectivity index (χ1n) is 12.2. The molecule has 0 aromatic heterocycles. The van der Waals surface area contributed by atoms with Crippen LogP contribution in [0.25, 0.3) is 10.8 Å². The van der Waals surface area contributed by atoms with E-state index in [0.29, 0.717) is 35.7 Å². The third-order valence-corrected chi connectivity index (χ3v) is 6.56. The molecular formula is C28H27F6NO4. The number of carboxylic acid groups (broad SMARTS) is 1. The molecule has 0 aliphatic rings. The van der Waals surface area contributed by atoms with Crippen LogP contribution in [0, 0.1) is 0 Å². The van der Waals surface area contributed by atoms with E-state index < -0.39 is 53.1 Å². The summed E-state index contributed by atoms with van der Waals surface area (Å²) in [5.41, 5.74) is -5.23. The lowest BCUT2D eigenvalue weighted by Gasteiger charge is -2.30. The van der Waals surface area contributed by atoms with Crippen LogP contribution in [0.1, 0.15) is 66.6 Å². The smallest absolute Gasteiger partial charge is 0.416 e. The molecule has 11 heteroatoms. The predicted octanol–water partition coefficient (Wildman–Crippen LogP) is 7.61. The Labute approximate surface area is 220 Å². The molecule has 210 valence electrons. The van der Waals surface area contributed by atoms with Gasteiger partial charge in [-0.3, -0.25) is 4.79 Å². The zero-order valence-electron chi connectivity index (χ0n) is 21.2. The van der Waals surface area contributed by atoms with Crippen molar-refractivity contribution in [3.63, 3.8) is 0 Å². The number of rotatable bonds is 10. The third kappa shape index (κ3) is 6.63. The first-order chi connectivity index (χ1) is 18.2. The molecule has 3 aromatic carbocycles. The summed E-state index contributed by atoms with van der Waals surface area (Å²) in [6.07, 6.45) is -8.63. The summed E-state index contributed by atoms with van der Waals surface area (Å²) >= 11 is 0. The van der Waals surface area contributed by atoms with Crippen LogP contribution in [0.3, 0.4) is 0 Å². The Balaban J connectivity index is 2.06. The summed E-state index contributed by atoms with van der Waals surface area (Å²) in [6, 6.07) is 10.7. The van der Waals surface area contributed by atoms with Crippen molar-refractivity contribution in [1.82, 2.24) is 5.32 Å². The second-order valence-corrected chi connectivity index (χ2v) is 9.12. The Morgan fingerprint density at radius 2 is 1.62 bits per heavy atom. The van der Waals surface area contributed by atoms with Gasteiger partial charge in [-0.2, -0.15) is 26.3 Å². The molecule has 1 atom stereocenters. The summed E-state index contributed by atoms with van der Waals surface area (Å²) in [7, 11) is 0. The number of nitrogens with one attached hydrogen (secondary N) is 1. The van der Waals surface area contributed by atoms with Crippen LogP contribution in [-0.4, -0.2) is 22.5 Å². The van der Waals surface area contributed by atoms with Gasteiger partial charge in [-0.05, 0) is 36.4 Å². The molecule has 0 heterocycles. The minimum Gasteiger partial charge on any atom is -0.487 e.